The van der Waals surface area contributed by atoms with E-state index in [1.165, 1.54) is 36.8 Å². The van der Waals surface area contributed by atoms with E-state index in [-0.39, 0.29) is 11.4 Å². The van der Waals surface area contributed by atoms with E-state index in [2.05, 4.69) is 75.8 Å². The van der Waals surface area contributed by atoms with Crippen molar-refractivity contribution >= 4 is 5.91 Å². The SMILES string of the molecule is O=C1NCN(Cc2ccccc2)C12CCN([C@@H]1CCCC[C@@H]1c1ccccc1)CC2. The highest BCUT2D eigenvalue weighted by molar-refractivity contribution is 5.88. The topological polar surface area (TPSA) is 35.6 Å². The summed E-state index contributed by atoms with van der Waals surface area (Å²) >= 11 is 0. The summed E-state index contributed by atoms with van der Waals surface area (Å²) in [4.78, 5) is 18.0. The third-order valence-electron chi connectivity index (χ3n) is 7.73. The fourth-order valence-electron chi connectivity index (χ4n) is 6.04. The normalized spacial score (nSPS) is 27.3. The molecule has 3 fully saturated rings. The third-order valence-corrected chi connectivity index (χ3v) is 7.73. The average molecular weight is 404 g/mol. The summed E-state index contributed by atoms with van der Waals surface area (Å²) in [5, 5.41) is 3.15. The molecule has 3 aliphatic rings. The van der Waals surface area contributed by atoms with Gasteiger partial charge in [-0.1, -0.05) is 73.5 Å². The van der Waals surface area contributed by atoms with Gasteiger partial charge in [0.1, 0.15) is 5.54 Å². The molecule has 1 saturated carbocycles. The van der Waals surface area contributed by atoms with Gasteiger partial charge in [0.15, 0.2) is 0 Å². The second kappa shape index (κ2) is 8.52. The largest absolute Gasteiger partial charge is 0.342 e. The molecular formula is C26H33N3O. The summed E-state index contributed by atoms with van der Waals surface area (Å²) in [6.07, 6.45) is 7.11. The zero-order valence-electron chi connectivity index (χ0n) is 17.8. The molecule has 30 heavy (non-hydrogen) atoms. The van der Waals surface area contributed by atoms with Gasteiger partial charge in [0.05, 0.1) is 6.67 Å². The Morgan fingerprint density at radius 3 is 2.30 bits per heavy atom. The van der Waals surface area contributed by atoms with E-state index in [0.717, 1.165) is 32.5 Å². The summed E-state index contributed by atoms with van der Waals surface area (Å²) < 4.78 is 0. The first kappa shape index (κ1) is 19.8. The molecule has 4 nitrogen and oxygen atoms in total. The minimum Gasteiger partial charge on any atom is -0.342 e. The molecule has 2 heterocycles. The van der Waals surface area contributed by atoms with Gasteiger partial charge in [-0.25, -0.2) is 0 Å². The first-order valence-electron chi connectivity index (χ1n) is 11.6. The van der Waals surface area contributed by atoms with Gasteiger partial charge in [-0.05, 0) is 42.7 Å². The molecule has 0 aromatic heterocycles. The van der Waals surface area contributed by atoms with Gasteiger partial charge in [-0.2, -0.15) is 0 Å². The van der Waals surface area contributed by atoms with Gasteiger partial charge < -0.3 is 5.32 Å². The molecule has 158 valence electrons. The maximum absolute atomic E-state index is 12.9. The van der Waals surface area contributed by atoms with Gasteiger partial charge in [-0.3, -0.25) is 14.6 Å². The van der Waals surface area contributed by atoms with E-state index in [1.54, 1.807) is 0 Å². The first-order valence-corrected chi connectivity index (χ1v) is 11.6. The molecule has 1 spiro atoms. The molecule has 5 rings (SSSR count). The Morgan fingerprint density at radius 2 is 1.57 bits per heavy atom. The van der Waals surface area contributed by atoms with Gasteiger partial charge in [0.25, 0.3) is 0 Å². The zero-order valence-corrected chi connectivity index (χ0v) is 17.8. The van der Waals surface area contributed by atoms with Crippen LogP contribution in [0.5, 0.6) is 0 Å². The summed E-state index contributed by atoms with van der Waals surface area (Å²) in [7, 11) is 0. The Kier molecular flexibility index (Phi) is 5.62. The number of carbonyl (C=O) groups is 1. The second-order valence-corrected chi connectivity index (χ2v) is 9.28. The lowest BCUT2D eigenvalue weighted by molar-refractivity contribution is -0.130. The number of hydrogen-bond acceptors (Lipinski definition) is 3. The fraction of sp³-hybridized carbons (Fsp3) is 0.500. The van der Waals surface area contributed by atoms with Crippen LogP contribution in [0.4, 0.5) is 0 Å². The van der Waals surface area contributed by atoms with Crippen molar-refractivity contribution in [3.63, 3.8) is 0 Å². The number of amides is 1. The molecule has 0 radical (unpaired) electrons. The molecule has 2 aromatic carbocycles. The molecule has 1 N–H and O–H groups in total. The van der Waals surface area contributed by atoms with Gasteiger partial charge >= 0.3 is 0 Å². The first-order chi connectivity index (χ1) is 14.8. The molecule has 4 heteroatoms. The number of likely N-dealkylation sites (tertiary alicyclic amines) is 1. The Bertz CT molecular complexity index is 845. The molecule has 1 aliphatic carbocycles. The predicted octanol–water partition coefficient (Wildman–Crippen LogP) is 4.14. The lowest BCUT2D eigenvalue weighted by Gasteiger charge is -2.47. The minimum absolute atomic E-state index is 0.237. The Hall–Kier alpha value is -2.17. The van der Waals surface area contributed by atoms with Gasteiger partial charge in [0, 0.05) is 25.7 Å². The van der Waals surface area contributed by atoms with Crippen LogP contribution in [-0.4, -0.2) is 47.0 Å². The van der Waals surface area contributed by atoms with Gasteiger partial charge in [-0.15, -0.1) is 0 Å². The number of piperidine rings is 1. The Labute approximate surface area is 180 Å². The number of carbonyl (C=O) groups excluding carboxylic acids is 1. The highest BCUT2D eigenvalue weighted by atomic mass is 16.2. The predicted molar refractivity (Wildman–Crippen MR) is 120 cm³/mol. The van der Waals surface area contributed by atoms with Crippen LogP contribution < -0.4 is 5.32 Å². The number of hydrogen-bond donors (Lipinski definition) is 1. The van der Waals surface area contributed by atoms with Crippen molar-refractivity contribution in [2.45, 2.75) is 62.6 Å². The molecule has 0 unspecified atom stereocenters. The highest BCUT2D eigenvalue weighted by Crippen LogP contribution is 2.40. The van der Waals surface area contributed by atoms with Crippen molar-refractivity contribution in [2.75, 3.05) is 19.8 Å². The quantitative estimate of drug-likeness (QED) is 0.834. The average Bonchev–Trinajstić information content (AvgIpc) is 3.10. The second-order valence-electron chi connectivity index (χ2n) is 9.28. The molecule has 1 amide bonds. The fourth-order valence-corrected chi connectivity index (χ4v) is 6.04. The number of rotatable bonds is 4. The molecule has 2 aromatic rings. The van der Waals surface area contributed by atoms with Crippen molar-refractivity contribution < 1.29 is 4.79 Å². The molecule has 2 aliphatic heterocycles. The number of nitrogens with one attached hydrogen (secondary N) is 1. The van der Waals surface area contributed by atoms with E-state index < -0.39 is 0 Å². The summed E-state index contributed by atoms with van der Waals surface area (Å²) in [6, 6.07) is 22.3. The van der Waals surface area contributed by atoms with Crippen LogP contribution >= 0.6 is 0 Å². The van der Waals surface area contributed by atoms with Crippen LogP contribution in [0, 0.1) is 0 Å². The Balaban J connectivity index is 1.30. The molecular weight excluding hydrogens is 370 g/mol. The summed E-state index contributed by atoms with van der Waals surface area (Å²) in [5.74, 6) is 0.869. The maximum atomic E-state index is 12.9. The molecule has 2 saturated heterocycles. The minimum atomic E-state index is -0.330. The number of benzene rings is 2. The summed E-state index contributed by atoms with van der Waals surface area (Å²) in [6.45, 7) is 3.55. The van der Waals surface area contributed by atoms with Gasteiger partial charge in [0.2, 0.25) is 5.91 Å². The standard InChI is InChI=1S/C26H33N3O/c30-25-26(29(20-27-25)19-21-9-3-1-4-10-21)15-17-28(18-16-26)24-14-8-7-13-23(24)22-11-5-2-6-12-22/h1-6,9-12,23-24H,7-8,13-20H2,(H,27,30)/t23-,24-/m1/s1. The van der Waals surface area contributed by atoms with Crippen molar-refractivity contribution in [3.05, 3.63) is 71.8 Å². The summed E-state index contributed by atoms with van der Waals surface area (Å²) in [5.41, 5.74) is 2.45. The zero-order chi connectivity index (χ0) is 20.4. The third kappa shape index (κ3) is 3.67. The van der Waals surface area contributed by atoms with Crippen LogP contribution in [0.3, 0.4) is 0 Å². The van der Waals surface area contributed by atoms with Crippen LogP contribution in [0.25, 0.3) is 0 Å². The lowest BCUT2D eigenvalue weighted by Crippen LogP contribution is -2.58. The van der Waals surface area contributed by atoms with E-state index >= 15 is 0 Å². The molecule has 2 atom stereocenters. The van der Waals surface area contributed by atoms with E-state index in [1.807, 2.05) is 0 Å². The smallest absolute Gasteiger partial charge is 0.241 e. The lowest BCUT2D eigenvalue weighted by atomic mass is 9.77. The van der Waals surface area contributed by atoms with E-state index in [4.69, 9.17) is 0 Å². The van der Waals surface area contributed by atoms with Crippen molar-refractivity contribution in [1.82, 2.24) is 15.1 Å². The van der Waals surface area contributed by atoms with E-state index in [9.17, 15) is 4.79 Å². The van der Waals surface area contributed by atoms with Crippen LogP contribution in [0.1, 0.15) is 55.6 Å². The van der Waals surface area contributed by atoms with Crippen molar-refractivity contribution in [1.29, 1.82) is 0 Å². The van der Waals surface area contributed by atoms with Crippen molar-refractivity contribution in [2.24, 2.45) is 0 Å². The monoisotopic (exact) mass is 403 g/mol. The van der Waals surface area contributed by atoms with Crippen LogP contribution in [0.15, 0.2) is 60.7 Å². The van der Waals surface area contributed by atoms with Crippen molar-refractivity contribution in [3.8, 4) is 0 Å². The van der Waals surface area contributed by atoms with Crippen LogP contribution in [-0.2, 0) is 11.3 Å². The number of nitrogens with zero attached hydrogens (tertiary/aromatic N) is 2. The maximum Gasteiger partial charge on any atom is 0.241 e. The van der Waals surface area contributed by atoms with E-state index in [0.29, 0.717) is 18.6 Å². The highest BCUT2D eigenvalue weighted by Gasteiger charge is 2.51. The molecule has 0 bridgehead atoms. The van der Waals surface area contributed by atoms with Crippen LogP contribution in [0.2, 0.25) is 0 Å². The Morgan fingerprint density at radius 1 is 0.900 bits per heavy atom.